The number of hydrogen-bond acceptors (Lipinski definition) is 6. The molecule has 0 N–H and O–H groups in total. The molecule has 25 heavy (non-hydrogen) atoms. The van der Waals surface area contributed by atoms with E-state index in [0.717, 1.165) is 11.8 Å². The number of ether oxygens (including phenoxy) is 1. The summed E-state index contributed by atoms with van der Waals surface area (Å²) in [5.41, 5.74) is 0. The van der Waals surface area contributed by atoms with Gasteiger partial charge in [0.2, 0.25) is 11.0 Å². The van der Waals surface area contributed by atoms with Crippen molar-refractivity contribution in [2.45, 2.75) is 56.7 Å². The Balaban J connectivity index is 1.92. The SMILES string of the molecule is C=CCOC(=O)C1C(=O)S[C@@H]2[C@@H](CCO[Si](C)(C)C(C)(C)C)C(=O)N12. The number of nitrogens with zero attached hydrogens (tertiary/aromatic N) is 1. The number of hydrogen-bond donors (Lipinski definition) is 0. The molecule has 0 aliphatic carbocycles. The molecule has 0 spiro atoms. The monoisotopic (exact) mass is 385 g/mol. The minimum atomic E-state index is -1.86. The van der Waals surface area contributed by atoms with E-state index in [1.54, 1.807) is 0 Å². The van der Waals surface area contributed by atoms with Crippen LogP contribution in [-0.4, -0.2) is 54.8 Å². The highest BCUT2D eigenvalue weighted by molar-refractivity contribution is 8.14. The first-order valence-corrected chi connectivity index (χ1v) is 12.2. The molecule has 2 rings (SSSR count). The van der Waals surface area contributed by atoms with E-state index in [-0.39, 0.29) is 34.0 Å². The van der Waals surface area contributed by atoms with Crippen molar-refractivity contribution in [1.82, 2.24) is 4.90 Å². The molecule has 0 radical (unpaired) electrons. The summed E-state index contributed by atoms with van der Waals surface area (Å²) in [7, 11) is -1.86. The Labute approximate surface area is 154 Å². The van der Waals surface area contributed by atoms with Crippen LogP contribution >= 0.6 is 11.8 Å². The third kappa shape index (κ3) is 3.85. The Morgan fingerprint density at radius 1 is 1.36 bits per heavy atom. The molecular weight excluding hydrogens is 358 g/mol. The second-order valence-corrected chi connectivity index (χ2v) is 13.8. The van der Waals surface area contributed by atoms with E-state index in [2.05, 4.69) is 40.4 Å². The zero-order valence-corrected chi connectivity index (χ0v) is 17.4. The van der Waals surface area contributed by atoms with Gasteiger partial charge in [0.1, 0.15) is 6.61 Å². The largest absolute Gasteiger partial charge is 0.460 e. The lowest BCUT2D eigenvalue weighted by atomic mass is 9.93. The maximum absolute atomic E-state index is 12.4. The van der Waals surface area contributed by atoms with E-state index in [1.807, 2.05) is 0 Å². The van der Waals surface area contributed by atoms with E-state index in [1.165, 1.54) is 11.0 Å². The molecule has 8 heteroatoms. The number of thioether (sulfide) groups is 1. The Kier molecular flexibility index (Phi) is 5.85. The molecule has 0 bridgehead atoms. The molecule has 2 heterocycles. The average molecular weight is 386 g/mol. The van der Waals surface area contributed by atoms with Crippen LogP contribution in [0.5, 0.6) is 0 Å². The Bertz CT molecular complexity index is 586. The molecule has 1 amide bonds. The van der Waals surface area contributed by atoms with Crippen LogP contribution in [0, 0.1) is 5.92 Å². The van der Waals surface area contributed by atoms with Crippen LogP contribution in [0.2, 0.25) is 18.1 Å². The van der Waals surface area contributed by atoms with Crippen molar-refractivity contribution in [2.75, 3.05) is 13.2 Å². The molecule has 6 nitrogen and oxygen atoms in total. The van der Waals surface area contributed by atoms with Crippen LogP contribution in [0.4, 0.5) is 0 Å². The molecule has 0 aromatic carbocycles. The molecule has 0 aromatic rings. The van der Waals surface area contributed by atoms with Gasteiger partial charge in [-0.3, -0.25) is 9.59 Å². The van der Waals surface area contributed by atoms with E-state index >= 15 is 0 Å². The van der Waals surface area contributed by atoms with E-state index in [9.17, 15) is 14.4 Å². The molecule has 1 unspecified atom stereocenters. The molecule has 2 aliphatic heterocycles. The van der Waals surface area contributed by atoms with Gasteiger partial charge in [0.25, 0.3) is 0 Å². The summed E-state index contributed by atoms with van der Waals surface area (Å²) in [4.78, 5) is 37.9. The summed E-state index contributed by atoms with van der Waals surface area (Å²) >= 11 is 1.06. The van der Waals surface area contributed by atoms with Gasteiger partial charge in [-0.2, -0.15) is 0 Å². The van der Waals surface area contributed by atoms with Crippen LogP contribution in [0.1, 0.15) is 27.2 Å². The van der Waals surface area contributed by atoms with Crippen molar-refractivity contribution in [2.24, 2.45) is 5.92 Å². The number of amides is 1. The normalized spacial score (nSPS) is 26.3. The number of β-lactam (4-membered cyclic amide) rings is 1. The van der Waals surface area contributed by atoms with Crippen molar-refractivity contribution in [3.63, 3.8) is 0 Å². The summed E-state index contributed by atoms with van der Waals surface area (Å²) in [5.74, 6) is -1.11. The van der Waals surface area contributed by atoms with Crippen molar-refractivity contribution in [3.05, 3.63) is 12.7 Å². The highest BCUT2D eigenvalue weighted by atomic mass is 32.2. The van der Waals surface area contributed by atoms with Gasteiger partial charge >= 0.3 is 5.97 Å². The van der Waals surface area contributed by atoms with Crippen molar-refractivity contribution in [3.8, 4) is 0 Å². The first kappa shape index (κ1) is 20.2. The third-order valence-corrected chi connectivity index (χ3v) is 11.0. The quantitative estimate of drug-likeness (QED) is 0.220. The van der Waals surface area contributed by atoms with Crippen LogP contribution in [0.25, 0.3) is 0 Å². The standard InChI is InChI=1S/C17H27NO5SSi/c1-7-9-22-15(20)12-16(21)24-14-11(13(19)18(12)14)8-10-23-25(5,6)17(2,3)4/h7,11-12,14H,1,8-10H2,2-6H3/t11-,12?,14+/m0/s1. The van der Waals surface area contributed by atoms with Crippen molar-refractivity contribution in [1.29, 1.82) is 0 Å². The van der Waals surface area contributed by atoms with E-state index in [0.29, 0.717) is 13.0 Å². The predicted octanol–water partition coefficient (Wildman–Crippen LogP) is 2.55. The van der Waals surface area contributed by atoms with Crippen LogP contribution < -0.4 is 0 Å². The van der Waals surface area contributed by atoms with Gasteiger partial charge in [0.15, 0.2) is 14.4 Å². The van der Waals surface area contributed by atoms with E-state index < -0.39 is 20.3 Å². The van der Waals surface area contributed by atoms with Crippen molar-refractivity contribution >= 4 is 37.1 Å². The third-order valence-electron chi connectivity index (χ3n) is 5.19. The van der Waals surface area contributed by atoms with Gasteiger partial charge in [-0.05, 0) is 24.6 Å². The lowest BCUT2D eigenvalue weighted by Gasteiger charge is -2.43. The summed E-state index contributed by atoms with van der Waals surface area (Å²) in [5, 5.41) is -0.481. The van der Waals surface area contributed by atoms with Gasteiger partial charge in [-0.1, -0.05) is 45.2 Å². The molecule has 2 fully saturated rings. The van der Waals surface area contributed by atoms with Gasteiger partial charge in [0.05, 0.1) is 11.3 Å². The summed E-state index contributed by atoms with van der Waals surface area (Å²) in [6, 6.07) is -1.11. The maximum atomic E-state index is 12.4. The zero-order chi connectivity index (χ0) is 19.0. The fourth-order valence-corrected chi connectivity index (χ4v) is 5.01. The van der Waals surface area contributed by atoms with Gasteiger partial charge in [-0.25, -0.2) is 4.79 Å². The van der Waals surface area contributed by atoms with Crippen LogP contribution in [0.15, 0.2) is 12.7 Å². The topological polar surface area (TPSA) is 72.9 Å². The smallest absolute Gasteiger partial charge is 0.338 e. The first-order valence-electron chi connectivity index (χ1n) is 8.45. The van der Waals surface area contributed by atoms with Gasteiger partial charge in [0, 0.05) is 6.61 Å². The Morgan fingerprint density at radius 3 is 2.56 bits per heavy atom. The fraction of sp³-hybridized carbons (Fsp3) is 0.706. The minimum absolute atomic E-state index is 0.0315. The van der Waals surface area contributed by atoms with Crippen molar-refractivity contribution < 1.29 is 23.5 Å². The summed E-state index contributed by atoms with van der Waals surface area (Å²) in [6.45, 7) is 14.8. The first-order chi connectivity index (χ1) is 11.5. The van der Waals surface area contributed by atoms with Crippen LogP contribution in [0.3, 0.4) is 0 Å². The number of rotatable bonds is 7. The molecular formula is C17H27NO5SSi. The lowest BCUT2D eigenvalue weighted by Crippen LogP contribution is -2.62. The second kappa shape index (κ2) is 7.24. The molecule has 140 valence electrons. The average Bonchev–Trinajstić information content (AvgIpc) is 2.81. The molecule has 2 aliphatic rings. The molecule has 0 saturated carbocycles. The fourth-order valence-electron chi connectivity index (χ4n) is 2.61. The summed E-state index contributed by atoms with van der Waals surface area (Å²) in [6.07, 6.45) is 2.00. The number of esters is 1. The zero-order valence-electron chi connectivity index (χ0n) is 15.5. The highest BCUT2D eigenvalue weighted by Crippen LogP contribution is 2.46. The Morgan fingerprint density at radius 2 is 2.00 bits per heavy atom. The maximum Gasteiger partial charge on any atom is 0.338 e. The van der Waals surface area contributed by atoms with E-state index in [4.69, 9.17) is 9.16 Å². The predicted molar refractivity (Wildman–Crippen MR) is 99.4 cm³/mol. The number of carbonyl (C=O) groups is 3. The molecule has 3 atom stereocenters. The number of carbonyl (C=O) groups excluding carboxylic acids is 3. The van der Waals surface area contributed by atoms with Gasteiger partial charge < -0.3 is 14.1 Å². The molecule has 2 saturated heterocycles. The Hall–Kier alpha value is -1.12. The number of fused-ring (bicyclic) bond motifs is 1. The van der Waals surface area contributed by atoms with Gasteiger partial charge in [-0.15, -0.1) is 0 Å². The minimum Gasteiger partial charge on any atom is -0.460 e. The lowest BCUT2D eigenvalue weighted by molar-refractivity contribution is -0.166. The highest BCUT2D eigenvalue weighted by Gasteiger charge is 2.60. The summed E-state index contributed by atoms with van der Waals surface area (Å²) < 4.78 is 11.1. The van der Waals surface area contributed by atoms with Crippen LogP contribution in [-0.2, 0) is 23.5 Å². The second-order valence-electron chi connectivity index (χ2n) is 7.90. The molecule has 0 aromatic heterocycles.